The summed E-state index contributed by atoms with van der Waals surface area (Å²) in [5, 5.41) is 9.92. The first-order chi connectivity index (χ1) is 7.81. The predicted molar refractivity (Wildman–Crippen MR) is 63.7 cm³/mol. The maximum Gasteiger partial charge on any atom is 0.225 e. The first kappa shape index (κ1) is 11.6. The smallest absolute Gasteiger partial charge is 0.225 e. The Bertz CT molecular complexity index is 331. The molecule has 0 aromatic carbocycles. The van der Waals surface area contributed by atoms with Gasteiger partial charge in [-0.05, 0) is 12.8 Å². The fourth-order valence-electron chi connectivity index (χ4n) is 2.08. The van der Waals surface area contributed by atoms with Gasteiger partial charge in [0.15, 0.2) is 0 Å². The van der Waals surface area contributed by atoms with E-state index in [9.17, 15) is 5.11 Å². The minimum Gasteiger partial charge on any atom is -0.394 e. The number of hydrogen-bond donors (Lipinski definition) is 1. The van der Waals surface area contributed by atoms with Crippen LogP contribution in [0.5, 0.6) is 0 Å². The monoisotopic (exact) mass is 241 g/mol. The molecule has 1 N–H and O–H groups in total. The number of aromatic nitrogens is 2. The lowest BCUT2D eigenvalue weighted by Crippen LogP contribution is -2.38. The number of rotatable bonds is 2. The third kappa shape index (κ3) is 2.62. The Morgan fingerprint density at radius 1 is 1.31 bits per heavy atom. The molecular formula is C11H16ClN3O. The van der Waals surface area contributed by atoms with Gasteiger partial charge in [-0.2, -0.15) is 0 Å². The second kappa shape index (κ2) is 5.46. The van der Waals surface area contributed by atoms with Gasteiger partial charge in [-0.1, -0.05) is 24.4 Å². The highest BCUT2D eigenvalue weighted by atomic mass is 35.5. The maximum absolute atomic E-state index is 9.38. The SMILES string of the molecule is OCC1CCCCCN1c1ncc(Cl)cn1. The standard InChI is InChI=1S/C11H16ClN3O/c12-9-6-13-11(14-7-9)15-5-3-1-2-4-10(15)8-16/h6-7,10,16H,1-5,8H2. The van der Waals surface area contributed by atoms with Crippen LogP contribution >= 0.6 is 11.6 Å². The van der Waals surface area contributed by atoms with Crippen molar-refractivity contribution in [3.05, 3.63) is 17.4 Å². The molecule has 5 heteroatoms. The van der Waals surface area contributed by atoms with E-state index in [0.717, 1.165) is 25.8 Å². The van der Waals surface area contributed by atoms with Crippen LogP contribution in [0, 0.1) is 0 Å². The van der Waals surface area contributed by atoms with Crippen LogP contribution in [0.4, 0.5) is 5.95 Å². The Kier molecular flexibility index (Phi) is 3.96. The van der Waals surface area contributed by atoms with Gasteiger partial charge >= 0.3 is 0 Å². The summed E-state index contributed by atoms with van der Waals surface area (Å²) in [6.45, 7) is 1.07. The Morgan fingerprint density at radius 3 is 2.75 bits per heavy atom. The fraction of sp³-hybridized carbons (Fsp3) is 0.636. The molecule has 1 unspecified atom stereocenters. The molecule has 0 radical (unpaired) electrons. The van der Waals surface area contributed by atoms with E-state index in [0.29, 0.717) is 11.0 Å². The highest BCUT2D eigenvalue weighted by Crippen LogP contribution is 2.21. The zero-order valence-corrected chi connectivity index (χ0v) is 9.90. The topological polar surface area (TPSA) is 49.2 Å². The molecule has 1 aliphatic heterocycles. The van der Waals surface area contributed by atoms with Crippen molar-refractivity contribution in [2.75, 3.05) is 18.1 Å². The van der Waals surface area contributed by atoms with Crippen LogP contribution in [0.1, 0.15) is 25.7 Å². The molecule has 1 aromatic heterocycles. The van der Waals surface area contributed by atoms with E-state index >= 15 is 0 Å². The van der Waals surface area contributed by atoms with E-state index in [1.54, 1.807) is 12.4 Å². The van der Waals surface area contributed by atoms with E-state index in [2.05, 4.69) is 14.9 Å². The van der Waals surface area contributed by atoms with Gasteiger partial charge < -0.3 is 10.0 Å². The zero-order chi connectivity index (χ0) is 11.4. The Balaban J connectivity index is 2.18. The number of aliphatic hydroxyl groups excluding tert-OH is 1. The molecule has 0 amide bonds. The molecule has 1 saturated heterocycles. The van der Waals surface area contributed by atoms with Crippen LogP contribution in [0.15, 0.2) is 12.4 Å². The minimum atomic E-state index is 0.142. The molecule has 0 bridgehead atoms. The molecule has 4 nitrogen and oxygen atoms in total. The summed E-state index contributed by atoms with van der Waals surface area (Å²) in [5.74, 6) is 0.672. The van der Waals surface area contributed by atoms with Crippen LogP contribution in [-0.2, 0) is 0 Å². The minimum absolute atomic E-state index is 0.142. The van der Waals surface area contributed by atoms with Crippen LogP contribution < -0.4 is 4.90 Å². The van der Waals surface area contributed by atoms with Gasteiger partial charge in [0.05, 0.1) is 30.1 Å². The maximum atomic E-state index is 9.38. The van der Waals surface area contributed by atoms with Crippen LogP contribution in [0.3, 0.4) is 0 Å². The van der Waals surface area contributed by atoms with Crippen LogP contribution in [-0.4, -0.2) is 34.3 Å². The second-order valence-electron chi connectivity index (χ2n) is 4.08. The first-order valence-corrected chi connectivity index (χ1v) is 6.04. The van der Waals surface area contributed by atoms with E-state index in [4.69, 9.17) is 11.6 Å². The molecule has 1 aromatic rings. The lowest BCUT2D eigenvalue weighted by atomic mass is 10.1. The quantitative estimate of drug-likeness (QED) is 0.859. The van der Waals surface area contributed by atoms with Crippen molar-refractivity contribution >= 4 is 17.5 Å². The van der Waals surface area contributed by atoms with E-state index < -0.39 is 0 Å². The van der Waals surface area contributed by atoms with Gasteiger partial charge in [-0.3, -0.25) is 0 Å². The summed E-state index contributed by atoms with van der Waals surface area (Å²) in [6, 6.07) is 0.142. The lowest BCUT2D eigenvalue weighted by molar-refractivity contribution is 0.254. The largest absolute Gasteiger partial charge is 0.394 e. The molecule has 2 rings (SSSR count). The Labute approximate surface area is 100 Å². The molecule has 1 fully saturated rings. The number of nitrogens with zero attached hydrogens (tertiary/aromatic N) is 3. The van der Waals surface area contributed by atoms with Crippen molar-refractivity contribution in [1.29, 1.82) is 0 Å². The van der Waals surface area contributed by atoms with Crippen LogP contribution in [0.25, 0.3) is 0 Å². The molecule has 0 spiro atoms. The van der Waals surface area contributed by atoms with Crippen molar-refractivity contribution in [2.24, 2.45) is 0 Å². The molecule has 1 aliphatic rings. The summed E-state index contributed by atoms with van der Waals surface area (Å²) in [4.78, 5) is 10.5. The molecule has 0 saturated carbocycles. The summed E-state index contributed by atoms with van der Waals surface area (Å²) < 4.78 is 0. The fourth-order valence-corrected chi connectivity index (χ4v) is 2.18. The molecule has 0 aliphatic carbocycles. The molecule has 1 atom stereocenters. The van der Waals surface area contributed by atoms with Gasteiger partial charge in [0.1, 0.15) is 0 Å². The van der Waals surface area contributed by atoms with Crippen molar-refractivity contribution < 1.29 is 5.11 Å². The van der Waals surface area contributed by atoms with Crippen molar-refractivity contribution in [2.45, 2.75) is 31.7 Å². The number of halogens is 1. The van der Waals surface area contributed by atoms with Crippen molar-refractivity contribution in [1.82, 2.24) is 9.97 Å². The average molecular weight is 242 g/mol. The highest BCUT2D eigenvalue weighted by molar-refractivity contribution is 6.30. The Morgan fingerprint density at radius 2 is 2.06 bits per heavy atom. The Hall–Kier alpha value is -0.870. The summed E-state index contributed by atoms with van der Waals surface area (Å²) in [5.41, 5.74) is 0. The summed E-state index contributed by atoms with van der Waals surface area (Å²) in [6.07, 6.45) is 7.70. The van der Waals surface area contributed by atoms with E-state index in [1.165, 1.54) is 6.42 Å². The number of aliphatic hydroxyl groups is 1. The van der Waals surface area contributed by atoms with Crippen molar-refractivity contribution in [3.63, 3.8) is 0 Å². The van der Waals surface area contributed by atoms with E-state index in [1.807, 2.05) is 0 Å². The molecular weight excluding hydrogens is 226 g/mol. The van der Waals surface area contributed by atoms with Gasteiger partial charge in [-0.15, -0.1) is 0 Å². The van der Waals surface area contributed by atoms with Gasteiger partial charge in [0.25, 0.3) is 0 Å². The lowest BCUT2D eigenvalue weighted by Gasteiger charge is -2.28. The summed E-state index contributed by atoms with van der Waals surface area (Å²) in [7, 11) is 0. The van der Waals surface area contributed by atoms with Gasteiger partial charge in [-0.25, -0.2) is 9.97 Å². The third-order valence-electron chi connectivity index (χ3n) is 2.95. The van der Waals surface area contributed by atoms with Gasteiger partial charge in [0, 0.05) is 6.54 Å². The van der Waals surface area contributed by atoms with E-state index in [-0.39, 0.29) is 12.6 Å². The van der Waals surface area contributed by atoms with Crippen LogP contribution in [0.2, 0.25) is 5.02 Å². The molecule has 88 valence electrons. The summed E-state index contributed by atoms with van der Waals surface area (Å²) >= 11 is 5.76. The molecule has 2 heterocycles. The average Bonchev–Trinajstić information content (AvgIpc) is 2.55. The number of anilines is 1. The third-order valence-corrected chi connectivity index (χ3v) is 3.15. The molecule has 16 heavy (non-hydrogen) atoms. The first-order valence-electron chi connectivity index (χ1n) is 5.66. The van der Waals surface area contributed by atoms with Gasteiger partial charge in [0.2, 0.25) is 5.95 Å². The van der Waals surface area contributed by atoms with Crippen molar-refractivity contribution in [3.8, 4) is 0 Å². The predicted octanol–water partition coefficient (Wildman–Crippen LogP) is 1.87. The normalized spacial score (nSPS) is 21.9. The zero-order valence-electron chi connectivity index (χ0n) is 9.14. The number of hydrogen-bond acceptors (Lipinski definition) is 4. The highest BCUT2D eigenvalue weighted by Gasteiger charge is 2.22. The second-order valence-corrected chi connectivity index (χ2v) is 4.52.